The molecule has 2 heterocycles. The highest BCUT2D eigenvalue weighted by atomic mass is 79.9. The van der Waals surface area contributed by atoms with Crippen LogP contribution in [-0.4, -0.2) is 5.91 Å². The van der Waals surface area contributed by atoms with E-state index in [0.717, 1.165) is 20.7 Å². The summed E-state index contributed by atoms with van der Waals surface area (Å²) in [6.45, 7) is 1.93. The number of hydrogen-bond acceptors (Lipinski definition) is 4. The molecule has 1 aromatic heterocycles. The monoisotopic (exact) mass is 421 g/mol. The SMILES string of the molecule is Cc1cc(C(=O)Nc2c(Cl)cc(Cl)c3c2N=S=N3)sc1Br. The van der Waals surface area contributed by atoms with Crippen LogP contribution in [0.5, 0.6) is 0 Å². The maximum atomic E-state index is 12.3. The summed E-state index contributed by atoms with van der Waals surface area (Å²) in [6, 6.07) is 3.36. The molecule has 108 valence electrons. The van der Waals surface area contributed by atoms with E-state index in [2.05, 4.69) is 30.0 Å². The van der Waals surface area contributed by atoms with Crippen LogP contribution in [-0.2, 0) is 11.4 Å². The van der Waals surface area contributed by atoms with Crippen molar-refractivity contribution in [2.45, 2.75) is 6.92 Å². The first kappa shape index (κ1) is 15.2. The molecule has 0 unspecified atom stereocenters. The van der Waals surface area contributed by atoms with Crippen LogP contribution in [0.1, 0.15) is 15.2 Å². The van der Waals surface area contributed by atoms with Crippen molar-refractivity contribution in [1.29, 1.82) is 0 Å². The molecule has 1 aliphatic rings. The van der Waals surface area contributed by atoms with Gasteiger partial charge in [-0.1, -0.05) is 23.2 Å². The predicted molar refractivity (Wildman–Crippen MR) is 92.7 cm³/mol. The van der Waals surface area contributed by atoms with E-state index in [9.17, 15) is 4.79 Å². The third-order valence-corrected chi connectivity index (χ3v) is 6.01. The average molecular weight is 423 g/mol. The van der Waals surface area contributed by atoms with Crippen molar-refractivity contribution in [3.05, 3.63) is 36.4 Å². The number of anilines is 1. The van der Waals surface area contributed by atoms with E-state index in [1.165, 1.54) is 11.3 Å². The third-order valence-electron chi connectivity index (χ3n) is 2.76. The molecule has 9 heteroatoms. The van der Waals surface area contributed by atoms with Gasteiger partial charge in [0.2, 0.25) is 0 Å². The van der Waals surface area contributed by atoms with Crippen LogP contribution < -0.4 is 5.32 Å². The fraction of sp³-hybridized carbons (Fsp3) is 0.0833. The maximum Gasteiger partial charge on any atom is 0.265 e. The lowest BCUT2D eigenvalue weighted by atomic mass is 10.2. The highest BCUT2D eigenvalue weighted by molar-refractivity contribution is 9.11. The molecule has 0 saturated heterocycles. The van der Waals surface area contributed by atoms with Gasteiger partial charge in [-0.2, -0.15) is 8.73 Å². The molecule has 0 atom stereocenters. The largest absolute Gasteiger partial charge is 0.318 e. The Morgan fingerprint density at radius 1 is 1.24 bits per heavy atom. The van der Waals surface area contributed by atoms with Gasteiger partial charge in [0.15, 0.2) is 0 Å². The van der Waals surface area contributed by atoms with Gasteiger partial charge in [0.05, 0.1) is 35.8 Å². The number of nitrogens with zero attached hydrogens (tertiary/aromatic N) is 2. The molecule has 21 heavy (non-hydrogen) atoms. The Balaban J connectivity index is 1.98. The molecule has 1 aromatic carbocycles. The van der Waals surface area contributed by atoms with Gasteiger partial charge in [-0.25, -0.2) is 0 Å². The summed E-state index contributed by atoms with van der Waals surface area (Å²) in [6.07, 6.45) is 0. The number of nitrogens with one attached hydrogen (secondary N) is 1. The molecule has 0 radical (unpaired) electrons. The van der Waals surface area contributed by atoms with Gasteiger partial charge >= 0.3 is 0 Å². The zero-order valence-electron chi connectivity index (χ0n) is 10.4. The van der Waals surface area contributed by atoms with E-state index in [1.807, 2.05) is 13.0 Å². The number of rotatable bonds is 2. The van der Waals surface area contributed by atoms with Crippen molar-refractivity contribution in [2.24, 2.45) is 8.73 Å². The first-order chi connectivity index (χ1) is 9.97. The van der Waals surface area contributed by atoms with Crippen molar-refractivity contribution in [3.8, 4) is 0 Å². The second-order valence-electron chi connectivity index (χ2n) is 4.20. The van der Waals surface area contributed by atoms with Crippen molar-refractivity contribution in [1.82, 2.24) is 0 Å². The van der Waals surface area contributed by atoms with Crippen molar-refractivity contribution >= 4 is 84.8 Å². The lowest BCUT2D eigenvalue weighted by molar-refractivity contribution is 0.103. The van der Waals surface area contributed by atoms with Crippen molar-refractivity contribution in [3.63, 3.8) is 0 Å². The minimum atomic E-state index is -0.243. The quantitative estimate of drug-likeness (QED) is 0.532. The fourth-order valence-electron chi connectivity index (χ4n) is 1.74. The highest BCUT2D eigenvalue weighted by Crippen LogP contribution is 2.47. The number of carbonyl (C=O) groups excluding carboxylic acids is 1. The molecule has 0 aliphatic carbocycles. The van der Waals surface area contributed by atoms with Crippen LogP contribution in [0.2, 0.25) is 10.0 Å². The summed E-state index contributed by atoms with van der Waals surface area (Å²) in [4.78, 5) is 12.9. The number of hydrogen-bond donors (Lipinski definition) is 1. The lowest BCUT2D eigenvalue weighted by Gasteiger charge is -2.10. The molecule has 1 N–H and O–H groups in total. The van der Waals surface area contributed by atoms with E-state index in [4.69, 9.17) is 23.2 Å². The number of halogens is 3. The van der Waals surface area contributed by atoms with Gasteiger partial charge in [-0.15, -0.1) is 11.3 Å². The Bertz CT molecular complexity index is 824. The molecule has 1 amide bonds. The van der Waals surface area contributed by atoms with Crippen LogP contribution >= 0.6 is 50.5 Å². The average Bonchev–Trinajstić information content (AvgIpc) is 3.02. The Morgan fingerprint density at radius 2 is 1.95 bits per heavy atom. The van der Waals surface area contributed by atoms with Gasteiger partial charge in [0, 0.05) is 0 Å². The topological polar surface area (TPSA) is 53.8 Å². The van der Waals surface area contributed by atoms with Crippen LogP contribution in [0, 0.1) is 6.92 Å². The van der Waals surface area contributed by atoms with E-state index >= 15 is 0 Å². The summed E-state index contributed by atoms with van der Waals surface area (Å²) in [7, 11) is 0. The highest BCUT2D eigenvalue weighted by Gasteiger charge is 2.21. The van der Waals surface area contributed by atoms with E-state index < -0.39 is 0 Å². The van der Waals surface area contributed by atoms with Crippen LogP contribution in [0.4, 0.5) is 17.1 Å². The Morgan fingerprint density at radius 3 is 2.62 bits per heavy atom. The van der Waals surface area contributed by atoms with Gasteiger partial charge in [0.25, 0.3) is 5.91 Å². The molecule has 1 aliphatic heterocycles. The number of aryl methyl sites for hydroxylation is 1. The Hall–Kier alpha value is -0.730. The summed E-state index contributed by atoms with van der Waals surface area (Å²) in [5.74, 6) is -0.243. The number of amides is 1. The minimum Gasteiger partial charge on any atom is -0.318 e. The second kappa shape index (κ2) is 5.81. The zero-order valence-corrected chi connectivity index (χ0v) is 15.1. The predicted octanol–water partition coefficient (Wildman–Crippen LogP) is 6.10. The number of benzene rings is 1. The second-order valence-corrected chi connectivity index (χ2v) is 7.91. The summed E-state index contributed by atoms with van der Waals surface area (Å²) < 4.78 is 9.18. The Kier molecular flexibility index (Phi) is 4.20. The smallest absolute Gasteiger partial charge is 0.265 e. The van der Waals surface area contributed by atoms with Crippen LogP contribution in [0.25, 0.3) is 0 Å². The van der Waals surface area contributed by atoms with Gasteiger partial charge in [0.1, 0.15) is 11.4 Å². The van der Waals surface area contributed by atoms with Gasteiger partial charge in [-0.3, -0.25) is 4.79 Å². The molecular formula is C12H6BrCl2N3OS2. The Labute approximate surface area is 146 Å². The van der Waals surface area contributed by atoms with Crippen LogP contribution in [0.15, 0.2) is 24.6 Å². The molecule has 3 rings (SSSR count). The first-order valence-corrected chi connectivity index (χ1v) is 8.74. The normalized spacial score (nSPS) is 12.2. The number of fused-ring (bicyclic) bond motifs is 1. The first-order valence-electron chi connectivity index (χ1n) is 5.65. The van der Waals surface area contributed by atoms with Crippen molar-refractivity contribution < 1.29 is 4.79 Å². The van der Waals surface area contributed by atoms with Crippen molar-refractivity contribution in [2.75, 3.05) is 5.32 Å². The summed E-state index contributed by atoms with van der Waals surface area (Å²) in [5, 5.41) is 3.54. The van der Waals surface area contributed by atoms with Gasteiger partial charge < -0.3 is 5.32 Å². The minimum absolute atomic E-state index is 0.243. The lowest BCUT2D eigenvalue weighted by Crippen LogP contribution is -2.10. The maximum absolute atomic E-state index is 12.3. The molecular weight excluding hydrogens is 417 g/mol. The fourth-order valence-corrected chi connectivity index (χ4v) is 4.33. The molecule has 4 nitrogen and oxygen atoms in total. The molecule has 0 saturated carbocycles. The molecule has 0 spiro atoms. The number of carbonyl (C=O) groups is 1. The van der Waals surface area contributed by atoms with Crippen LogP contribution in [0.3, 0.4) is 0 Å². The zero-order chi connectivity index (χ0) is 15.1. The molecule has 0 bridgehead atoms. The van der Waals surface area contributed by atoms with E-state index in [1.54, 1.807) is 6.07 Å². The summed E-state index contributed by atoms with van der Waals surface area (Å²) in [5.41, 5.74) is 2.47. The molecule has 0 fully saturated rings. The summed E-state index contributed by atoms with van der Waals surface area (Å²) >= 11 is 18.0. The standard InChI is InChI=1S/C12H6BrCl2N3OS2/c1-4-2-7(20-11(4)13)12(19)16-8-5(14)3-6(15)9-10(8)18-21-17-9/h2-3H,1H3,(H,16,19). The van der Waals surface area contributed by atoms with E-state index in [-0.39, 0.29) is 5.91 Å². The van der Waals surface area contributed by atoms with Gasteiger partial charge in [-0.05, 0) is 40.5 Å². The third kappa shape index (κ3) is 2.80. The molecule has 2 aromatic rings. The number of thiophene rings is 1. The van der Waals surface area contributed by atoms with E-state index in [0.29, 0.717) is 32.0 Å².